The van der Waals surface area contributed by atoms with E-state index in [0.717, 1.165) is 54.2 Å². The van der Waals surface area contributed by atoms with Crippen molar-refractivity contribution in [2.24, 2.45) is 0 Å². The molecule has 0 bridgehead atoms. The van der Waals surface area contributed by atoms with Crippen LogP contribution < -0.4 is 10.1 Å². The van der Waals surface area contributed by atoms with Crippen LogP contribution in [0.1, 0.15) is 51.5 Å². The van der Waals surface area contributed by atoms with Crippen LogP contribution in [0.3, 0.4) is 0 Å². The number of amides is 1. The Bertz CT molecular complexity index is 1250. The molecule has 3 aromatic rings. The summed E-state index contributed by atoms with van der Waals surface area (Å²) in [5.74, 6) is 0.244. The summed E-state index contributed by atoms with van der Waals surface area (Å²) in [6.45, 7) is 6.06. The van der Waals surface area contributed by atoms with Crippen molar-refractivity contribution in [2.75, 3.05) is 13.1 Å². The van der Waals surface area contributed by atoms with E-state index in [0.29, 0.717) is 11.3 Å². The summed E-state index contributed by atoms with van der Waals surface area (Å²) in [7, 11) is 0. The Morgan fingerprint density at radius 3 is 2.58 bits per heavy atom. The number of halogens is 2. The predicted octanol–water partition coefficient (Wildman–Crippen LogP) is 6.16. The highest BCUT2D eigenvalue weighted by molar-refractivity contribution is 6.31. The van der Waals surface area contributed by atoms with Crippen molar-refractivity contribution in [2.45, 2.75) is 70.6 Å². The molecule has 2 aromatic carbocycles. The summed E-state index contributed by atoms with van der Waals surface area (Å²) < 4.78 is 20.2. The molecule has 1 N–H and O–H groups in total. The normalized spacial score (nSPS) is 17.4. The summed E-state index contributed by atoms with van der Waals surface area (Å²) in [6.07, 6.45) is 6.50. The topological polar surface area (TPSA) is 54.5 Å². The van der Waals surface area contributed by atoms with Gasteiger partial charge in [0.1, 0.15) is 17.7 Å². The van der Waals surface area contributed by atoms with E-state index < -0.39 is 5.82 Å². The van der Waals surface area contributed by atoms with E-state index in [1.807, 2.05) is 38.1 Å². The zero-order valence-electron chi connectivity index (χ0n) is 20.9. The average Bonchev–Trinajstić information content (AvgIpc) is 2.80. The number of ether oxygens (including phenoxy) is 1. The SMILES string of the molecule is CC(C)NC(=O)Cc1cc2cc(OC3CCN(C4CCC4)CC3)ccc2nc1-c1ccc(F)c(Cl)c1. The number of benzene rings is 2. The molecule has 7 heteroatoms. The number of carbonyl (C=O) groups is 1. The molecule has 1 aliphatic heterocycles. The molecule has 1 saturated carbocycles. The van der Waals surface area contributed by atoms with Gasteiger partial charge in [0.05, 0.1) is 22.7 Å². The van der Waals surface area contributed by atoms with Crippen molar-refractivity contribution in [1.82, 2.24) is 15.2 Å². The van der Waals surface area contributed by atoms with E-state index in [9.17, 15) is 9.18 Å². The van der Waals surface area contributed by atoms with Gasteiger partial charge in [-0.25, -0.2) is 9.37 Å². The molecule has 5 nitrogen and oxygen atoms in total. The number of hydrogen-bond donors (Lipinski definition) is 1. The zero-order valence-corrected chi connectivity index (χ0v) is 21.7. The van der Waals surface area contributed by atoms with Crippen molar-refractivity contribution in [3.8, 4) is 17.0 Å². The van der Waals surface area contributed by atoms with Crippen LogP contribution in [0.4, 0.5) is 4.39 Å². The van der Waals surface area contributed by atoms with Crippen molar-refractivity contribution in [1.29, 1.82) is 0 Å². The molecule has 2 heterocycles. The molecule has 1 amide bonds. The number of hydrogen-bond acceptors (Lipinski definition) is 4. The van der Waals surface area contributed by atoms with Gasteiger partial charge in [-0.15, -0.1) is 0 Å². The van der Waals surface area contributed by atoms with Crippen molar-refractivity contribution >= 4 is 28.4 Å². The van der Waals surface area contributed by atoms with E-state index in [1.54, 1.807) is 12.1 Å². The fraction of sp³-hybridized carbons (Fsp3) is 0.448. The summed E-state index contributed by atoms with van der Waals surface area (Å²) in [4.78, 5) is 20.1. The summed E-state index contributed by atoms with van der Waals surface area (Å²) in [5, 5.41) is 3.88. The van der Waals surface area contributed by atoms with Gasteiger partial charge in [-0.05, 0) is 87.6 Å². The summed E-state index contributed by atoms with van der Waals surface area (Å²) in [5.41, 5.74) is 2.84. The van der Waals surface area contributed by atoms with Gasteiger partial charge in [-0.3, -0.25) is 4.79 Å². The lowest BCUT2D eigenvalue weighted by molar-refractivity contribution is -0.120. The third-order valence-electron chi connectivity index (χ3n) is 7.23. The number of likely N-dealkylation sites (tertiary alicyclic amines) is 1. The van der Waals surface area contributed by atoms with Crippen LogP contribution in [0.5, 0.6) is 5.75 Å². The Morgan fingerprint density at radius 2 is 1.92 bits per heavy atom. The van der Waals surface area contributed by atoms with Crippen LogP contribution in [-0.2, 0) is 11.2 Å². The van der Waals surface area contributed by atoms with E-state index in [2.05, 4.69) is 10.2 Å². The molecular formula is C29H33ClFN3O2. The minimum atomic E-state index is -0.486. The molecule has 1 saturated heterocycles. The van der Waals surface area contributed by atoms with Gasteiger partial charge in [0.15, 0.2) is 0 Å². The molecule has 190 valence electrons. The fourth-order valence-corrected chi connectivity index (χ4v) is 5.33. The first kappa shape index (κ1) is 25.0. The van der Waals surface area contributed by atoms with Gasteiger partial charge in [0.25, 0.3) is 0 Å². The number of nitrogens with zero attached hydrogens (tertiary/aromatic N) is 2. The number of rotatable bonds is 7. The fourth-order valence-electron chi connectivity index (χ4n) is 5.15. The molecule has 5 rings (SSSR count). The third kappa shape index (κ3) is 5.65. The van der Waals surface area contributed by atoms with Crippen LogP contribution in [-0.4, -0.2) is 47.1 Å². The molecular weight excluding hydrogens is 477 g/mol. The van der Waals surface area contributed by atoms with Crippen molar-refractivity contribution < 1.29 is 13.9 Å². The minimum Gasteiger partial charge on any atom is -0.490 e. The third-order valence-corrected chi connectivity index (χ3v) is 7.52. The van der Waals surface area contributed by atoms with Crippen LogP contribution in [0.2, 0.25) is 5.02 Å². The first-order valence-electron chi connectivity index (χ1n) is 12.9. The van der Waals surface area contributed by atoms with Gasteiger partial charge in [-0.1, -0.05) is 18.0 Å². The van der Waals surface area contributed by atoms with Crippen LogP contribution >= 0.6 is 11.6 Å². The molecule has 0 spiro atoms. The molecule has 1 aromatic heterocycles. The Balaban J connectivity index is 1.40. The standard InChI is InChI=1S/C29H33ClFN3O2/c1-18(2)32-28(35)17-21-14-20-15-24(36-23-10-12-34(13-11-23)22-4-3-5-22)7-9-27(20)33-29(21)19-6-8-26(31)25(30)16-19/h6-9,14-16,18,22-23H,3-5,10-13,17H2,1-2H3,(H,32,35). The van der Waals surface area contributed by atoms with E-state index in [4.69, 9.17) is 21.3 Å². The molecule has 2 aliphatic rings. The predicted molar refractivity (Wildman–Crippen MR) is 142 cm³/mol. The Morgan fingerprint density at radius 1 is 1.14 bits per heavy atom. The van der Waals surface area contributed by atoms with E-state index >= 15 is 0 Å². The van der Waals surface area contributed by atoms with Crippen LogP contribution in [0, 0.1) is 5.82 Å². The highest BCUT2D eigenvalue weighted by Gasteiger charge is 2.29. The number of aromatic nitrogens is 1. The van der Waals surface area contributed by atoms with E-state index in [1.165, 1.54) is 25.3 Å². The highest BCUT2D eigenvalue weighted by Crippen LogP contribution is 2.32. The molecule has 0 unspecified atom stereocenters. The Kier molecular flexibility index (Phi) is 7.44. The Hall–Kier alpha value is -2.70. The zero-order chi connectivity index (χ0) is 25.2. The lowest BCUT2D eigenvalue weighted by Crippen LogP contribution is -2.46. The molecule has 2 fully saturated rings. The van der Waals surface area contributed by atoms with Gasteiger partial charge in [-0.2, -0.15) is 0 Å². The molecule has 36 heavy (non-hydrogen) atoms. The van der Waals surface area contributed by atoms with Crippen molar-refractivity contribution in [3.05, 3.63) is 58.9 Å². The van der Waals surface area contributed by atoms with Gasteiger partial charge < -0.3 is 15.0 Å². The minimum absolute atomic E-state index is 0.0269. The Labute approximate surface area is 217 Å². The number of nitrogens with one attached hydrogen (secondary N) is 1. The highest BCUT2D eigenvalue weighted by atomic mass is 35.5. The second-order valence-corrected chi connectivity index (χ2v) is 10.7. The maximum atomic E-state index is 13.8. The van der Waals surface area contributed by atoms with Gasteiger partial charge in [0, 0.05) is 36.1 Å². The monoisotopic (exact) mass is 509 g/mol. The number of carbonyl (C=O) groups excluding carboxylic acids is 1. The second-order valence-electron chi connectivity index (χ2n) is 10.3. The van der Waals surface area contributed by atoms with Gasteiger partial charge in [0.2, 0.25) is 5.91 Å². The summed E-state index contributed by atoms with van der Waals surface area (Å²) >= 11 is 6.06. The largest absolute Gasteiger partial charge is 0.490 e. The molecule has 1 aliphatic carbocycles. The first-order valence-corrected chi connectivity index (χ1v) is 13.3. The maximum absolute atomic E-state index is 13.8. The van der Waals surface area contributed by atoms with Gasteiger partial charge >= 0.3 is 0 Å². The quantitative estimate of drug-likeness (QED) is 0.414. The van der Waals surface area contributed by atoms with E-state index in [-0.39, 0.29) is 29.5 Å². The lowest BCUT2D eigenvalue weighted by Gasteiger charge is -2.41. The van der Waals surface area contributed by atoms with Crippen LogP contribution in [0.25, 0.3) is 22.2 Å². The molecule has 0 atom stereocenters. The number of pyridine rings is 1. The van der Waals surface area contributed by atoms with Crippen molar-refractivity contribution in [3.63, 3.8) is 0 Å². The maximum Gasteiger partial charge on any atom is 0.224 e. The second kappa shape index (κ2) is 10.7. The molecule has 0 radical (unpaired) electrons. The smallest absolute Gasteiger partial charge is 0.224 e. The number of fused-ring (bicyclic) bond motifs is 1. The number of piperidine rings is 1. The average molecular weight is 510 g/mol. The van der Waals surface area contributed by atoms with Crippen LogP contribution in [0.15, 0.2) is 42.5 Å². The lowest BCUT2D eigenvalue weighted by atomic mass is 9.90. The summed E-state index contributed by atoms with van der Waals surface area (Å²) in [6, 6.07) is 13.2. The first-order chi connectivity index (χ1) is 17.4.